The Balaban J connectivity index is 1.85. The molecule has 0 aliphatic carbocycles. The highest BCUT2D eigenvalue weighted by molar-refractivity contribution is 5.82. The van der Waals surface area contributed by atoms with E-state index in [1.807, 2.05) is 80.6 Å². The van der Waals surface area contributed by atoms with Crippen molar-refractivity contribution in [3.05, 3.63) is 101 Å². The maximum absolute atomic E-state index is 13.1. The van der Waals surface area contributed by atoms with Gasteiger partial charge in [-0.2, -0.15) is 0 Å². The number of carbonyl (C=O) groups excluding carboxylic acids is 1. The number of hydrogen-bond donors (Lipinski definition) is 1. The first kappa shape index (κ1) is 19.7. The Morgan fingerprint density at radius 2 is 1.64 bits per heavy atom. The molecule has 0 spiro atoms. The van der Waals surface area contributed by atoms with Gasteiger partial charge in [0.15, 0.2) is 6.10 Å². The van der Waals surface area contributed by atoms with Gasteiger partial charge in [-0.25, -0.2) is 0 Å². The lowest BCUT2D eigenvalue weighted by molar-refractivity contribution is -0.128. The van der Waals surface area contributed by atoms with Crippen molar-refractivity contribution in [2.24, 2.45) is 0 Å². The molecule has 0 aliphatic heterocycles. The van der Waals surface area contributed by atoms with Gasteiger partial charge in [-0.05, 0) is 54.7 Å². The van der Waals surface area contributed by atoms with Gasteiger partial charge in [-0.1, -0.05) is 73.7 Å². The van der Waals surface area contributed by atoms with Crippen molar-refractivity contribution in [3.8, 4) is 5.75 Å². The molecule has 2 atom stereocenters. The van der Waals surface area contributed by atoms with Crippen molar-refractivity contribution >= 4 is 5.91 Å². The van der Waals surface area contributed by atoms with Crippen LogP contribution < -0.4 is 10.1 Å². The molecule has 3 aromatic rings. The van der Waals surface area contributed by atoms with Gasteiger partial charge in [0, 0.05) is 0 Å². The van der Waals surface area contributed by atoms with Crippen LogP contribution in [0.4, 0.5) is 0 Å². The molecular weight excluding hydrogens is 346 g/mol. The standard InChI is InChI=1S/C25H27NO2/c1-4-23(28-21-15-10-11-18(2)17-21)25(27)26-24(20-13-6-5-7-14-20)22-16-9-8-12-19(22)3/h5-17,23-24H,4H2,1-3H3,(H,26,27)/t23-,24+/m1/s1. The highest BCUT2D eigenvalue weighted by Gasteiger charge is 2.24. The van der Waals surface area contributed by atoms with E-state index in [1.54, 1.807) is 0 Å². The second-order valence-corrected chi connectivity index (χ2v) is 7.04. The van der Waals surface area contributed by atoms with Crippen LogP contribution in [0.3, 0.4) is 0 Å². The molecule has 0 saturated heterocycles. The first-order chi connectivity index (χ1) is 13.6. The van der Waals surface area contributed by atoms with E-state index >= 15 is 0 Å². The van der Waals surface area contributed by atoms with Crippen LogP contribution in [0.1, 0.15) is 41.6 Å². The molecule has 0 aliphatic rings. The monoisotopic (exact) mass is 373 g/mol. The fourth-order valence-electron chi connectivity index (χ4n) is 3.31. The van der Waals surface area contributed by atoms with E-state index in [4.69, 9.17) is 4.74 Å². The number of aryl methyl sites for hydroxylation is 2. The summed E-state index contributed by atoms with van der Waals surface area (Å²) < 4.78 is 6.00. The molecule has 0 fully saturated rings. The maximum atomic E-state index is 13.1. The molecule has 0 saturated carbocycles. The molecule has 0 bridgehead atoms. The second-order valence-electron chi connectivity index (χ2n) is 7.04. The topological polar surface area (TPSA) is 38.3 Å². The van der Waals surface area contributed by atoms with Gasteiger partial charge < -0.3 is 10.1 Å². The fraction of sp³-hybridized carbons (Fsp3) is 0.240. The first-order valence-electron chi connectivity index (χ1n) is 9.72. The normalized spacial score (nSPS) is 12.8. The number of nitrogens with one attached hydrogen (secondary N) is 1. The third kappa shape index (κ3) is 4.80. The molecule has 3 heteroatoms. The van der Waals surface area contributed by atoms with Crippen LogP contribution in [0.5, 0.6) is 5.75 Å². The molecule has 1 amide bonds. The van der Waals surface area contributed by atoms with E-state index in [1.165, 1.54) is 0 Å². The molecule has 3 nitrogen and oxygen atoms in total. The van der Waals surface area contributed by atoms with Crippen molar-refractivity contribution < 1.29 is 9.53 Å². The lowest BCUT2D eigenvalue weighted by Crippen LogP contribution is -2.40. The first-order valence-corrected chi connectivity index (χ1v) is 9.72. The Kier molecular flexibility index (Phi) is 6.49. The third-order valence-corrected chi connectivity index (χ3v) is 4.85. The van der Waals surface area contributed by atoms with Crippen LogP contribution in [-0.4, -0.2) is 12.0 Å². The summed E-state index contributed by atoms with van der Waals surface area (Å²) in [6.07, 6.45) is 0.0479. The maximum Gasteiger partial charge on any atom is 0.261 e. The summed E-state index contributed by atoms with van der Waals surface area (Å²) in [4.78, 5) is 13.1. The van der Waals surface area contributed by atoms with E-state index in [0.29, 0.717) is 12.2 Å². The fourth-order valence-corrected chi connectivity index (χ4v) is 3.31. The molecular formula is C25H27NO2. The van der Waals surface area contributed by atoms with Crippen LogP contribution in [0, 0.1) is 13.8 Å². The lowest BCUT2D eigenvalue weighted by Gasteiger charge is -2.25. The van der Waals surface area contributed by atoms with E-state index in [-0.39, 0.29) is 11.9 Å². The third-order valence-electron chi connectivity index (χ3n) is 4.85. The Bertz CT molecular complexity index is 921. The predicted octanol–water partition coefficient (Wildman–Crippen LogP) is 5.37. The second kappa shape index (κ2) is 9.23. The number of hydrogen-bond acceptors (Lipinski definition) is 2. The molecule has 3 rings (SSSR count). The number of ether oxygens (including phenoxy) is 1. The minimum Gasteiger partial charge on any atom is -0.481 e. The quantitative estimate of drug-likeness (QED) is 0.605. The van der Waals surface area contributed by atoms with Crippen molar-refractivity contribution in [3.63, 3.8) is 0 Å². The van der Waals surface area contributed by atoms with Crippen LogP contribution in [0.2, 0.25) is 0 Å². The van der Waals surface area contributed by atoms with E-state index < -0.39 is 6.10 Å². The summed E-state index contributed by atoms with van der Waals surface area (Å²) in [6, 6.07) is 25.8. The van der Waals surface area contributed by atoms with Gasteiger partial charge in [0.05, 0.1) is 6.04 Å². The number of rotatable bonds is 7. The Morgan fingerprint density at radius 1 is 0.929 bits per heavy atom. The summed E-state index contributed by atoms with van der Waals surface area (Å²) in [7, 11) is 0. The molecule has 0 radical (unpaired) electrons. The van der Waals surface area contributed by atoms with Crippen LogP contribution in [-0.2, 0) is 4.79 Å². The molecule has 1 N–H and O–H groups in total. The summed E-state index contributed by atoms with van der Waals surface area (Å²) in [5.74, 6) is 0.607. The molecule has 0 heterocycles. The minimum atomic E-state index is -0.544. The average Bonchev–Trinajstić information content (AvgIpc) is 2.71. The van der Waals surface area contributed by atoms with Crippen LogP contribution in [0.15, 0.2) is 78.9 Å². The van der Waals surface area contributed by atoms with Crippen LogP contribution in [0.25, 0.3) is 0 Å². The smallest absolute Gasteiger partial charge is 0.261 e. The Labute approximate surface area is 167 Å². The number of carbonyl (C=O) groups is 1. The van der Waals surface area contributed by atoms with Gasteiger partial charge in [0.1, 0.15) is 5.75 Å². The summed E-state index contributed by atoms with van der Waals surface area (Å²) in [6.45, 7) is 6.04. The highest BCUT2D eigenvalue weighted by atomic mass is 16.5. The summed E-state index contributed by atoms with van der Waals surface area (Å²) >= 11 is 0. The lowest BCUT2D eigenvalue weighted by atomic mass is 9.94. The van der Waals surface area contributed by atoms with Crippen molar-refractivity contribution in [2.45, 2.75) is 39.3 Å². The van der Waals surface area contributed by atoms with Crippen molar-refractivity contribution in [1.29, 1.82) is 0 Å². The highest BCUT2D eigenvalue weighted by Crippen LogP contribution is 2.25. The molecule has 144 valence electrons. The van der Waals surface area contributed by atoms with E-state index in [9.17, 15) is 4.79 Å². The predicted molar refractivity (Wildman–Crippen MR) is 113 cm³/mol. The SMILES string of the molecule is CC[C@@H](Oc1cccc(C)c1)C(=O)N[C@@H](c1ccccc1)c1ccccc1C. The van der Waals surface area contributed by atoms with Crippen molar-refractivity contribution in [1.82, 2.24) is 5.32 Å². The zero-order valence-electron chi connectivity index (χ0n) is 16.7. The van der Waals surface area contributed by atoms with Crippen molar-refractivity contribution in [2.75, 3.05) is 0 Å². The Morgan fingerprint density at radius 3 is 2.32 bits per heavy atom. The van der Waals surface area contributed by atoms with E-state index in [2.05, 4.69) is 24.4 Å². The largest absolute Gasteiger partial charge is 0.481 e. The number of benzene rings is 3. The average molecular weight is 373 g/mol. The van der Waals surface area contributed by atoms with Gasteiger partial charge in [-0.3, -0.25) is 4.79 Å². The van der Waals surface area contributed by atoms with E-state index in [0.717, 1.165) is 22.3 Å². The summed E-state index contributed by atoms with van der Waals surface area (Å²) in [5, 5.41) is 3.21. The van der Waals surface area contributed by atoms with Gasteiger partial charge in [-0.15, -0.1) is 0 Å². The molecule has 0 aromatic heterocycles. The zero-order chi connectivity index (χ0) is 19.9. The Hall–Kier alpha value is -3.07. The summed E-state index contributed by atoms with van der Waals surface area (Å²) in [5.41, 5.74) is 4.39. The molecule has 28 heavy (non-hydrogen) atoms. The van der Waals surface area contributed by atoms with Gasteiger partial charge in [0.2, 0.25) is 0 Å². The minimum absolute atomic E-state index is 0.110. The number of amides is 1. The molecule has 0 unspecified atom stereocenters. The molecule has 3 aromatic carbocycles. The van der Waals surface area contributed by atoms with Crippen LogP contribution >= 0.6 is 0 Å². The van der Waals surface area contributed by atoms with Gasteiger partial charge >= 0.3 is 0 Å². The zero-order valence-corrected chi connectivity index (χ0v) is 16.7. The van der Waals surface area contributed by atoms with Gasteiger partial charge in [0.25, 0.3) is 5.91 Å².